The van der Waals surface area contributed by atoms with Gasteiger partial charge in [-0.1, -0.05) is 6.07 Å². The van der Waals surface area contributed by atoms with Crippen LogP contribution in [0.25, 0.3) is 11.4 Å². The van der Waals surface area contributed by atoms with Crippen LogP contribution in [0.4, 0.5) is 20.4 Å². The van der Waals surface area contributed by atoms with Gasteiger partial charge in [0.1, 0.15) is 17.3 Å². The van der Waals surface area contributed by atoms with Gasteiger partial charge < -0.3 is 19.8 Å². The minimum Gasteiger partial charge on any atom is -0.379 e. The highest BCUT2D eigenvalue weighted by Gasteiger charge is 2.24. The number of morpholine rings is 1. The third-order valence-electron chi connectivity index (χ3n) is 6.64. The fourth-order valence-corrected chi connectivity index (χ4v) is 4.64. The van der Waals surface area contributed by atoms with Gasteiger partial charge in [0.2, 0.25) is 5.95 Å². The van der Waals surface area contributed by atoms with Gasteiger partial charge >= 0.3 is 0 Å². The molecule has 0 radical (unpaired) electrons. The molecule has 2 N–H and O–H groups in total. The van der Waals surface area contributed by atoms with Crippen molar-refractivity contribution >= 4 is 11.6 Å². The van der Waals surface area contributed by atoms with Crippen LogP contribution in [0.5, 0.6) is 0 Å². The third-order valence-corrected chi connectivity index (χ3v) is 6.64. The summed E-state index contributed by atoms with van der Waals surface area (Å²) in [5.74, 6) is 0.115. The fraction of sp³-hybridized carbons (Fsp3) is 0.480. The first kappa shape index (κ1) is 23.8. The van der Waals surface area contributed by atoms with E-state index in [4.69, 9.17) is 9.47 Å². The lowest BCUT2D eigenvalue weighted by atomic mass is 9.96. The summed E-state index contributed by atoms with van der Waals surface area (Å²) in [6.45, 7) is 7.63. The molecule has 10 heteroatoms. The largest absolute Gasteiger partial charge is 0.379 e. The molecular formula is C25H30F2N6O2. The number of ether oxygens (including phenoxy) is 2. The summed E-state index contributed by atoms with van der Waals surface area (Å²) in [4.78, 5) is 18.2. The zero-order chi connectivity index (χ0) is 24.4. The van der Waals surface area contributed by atoms with Crippen molar-refractivity contribution in [2.45, 2.75) is 51.3 Å². The number of nitrogens with zero attached hydrogens (tertiary/aromatic N) is 4. The monoisotopic (exact) mass is 484 g/mol. The summed E-state index contributed by atoms with van der Waals surface area (Å²) in [6.07, 6.45) is 4.52. The Balaban J connectivity index is 1.30. The Morgan fingerprint density at radius 1 is 1.14 bits per heavy atom. The van der Waals surface area contributed by atoms with Gasteiger partial charge in [0.25, 0.3) is 0 Å². The van der Waals surface area contributed by atoms with Crippen molar-refractivity contribution in [3.05, 3.63) is 53.6 Å². The molecule has 2 aliphatic rings. The van der Waals surface area contributed by atoms with E-state index in [0.29, 0.717) is 32.1 Å². The first-order chi connectivity index (χ1) is 17.0. The van der Waals surface area contributed by atoms with Crippen LogP contribution < -0.4 is 5.32 Å². The molecule has 3 atom stereocenters. The fourth-order valence-electron chi connectivity index (χ4n) is 4.64. The van der Waals surface area contributed by atoms with Crippen LogP contribution in [0.15, 0.2) is 30.6 Å². The van der Waals surface area contributed by atoms with E-state index in [2.05, 4.69) is 37.1 Å². The van der Waals surface area contributed by atoms with Crippen LogP contribution in [0, 0.1) is 11.6 Å². The van der Waals surface area contributed by atoms with Crippen molar-refractivity contribution < 1.29 is 18.3 Å². The van der Waals surface area contributed by atoms with Crippen molar-refractivity contribution in [3.63, 3.8) is 0 Å². The molecule has 0 saturated carbocycles. The quantitative estimate of drug-likeness (QED) is 0.536. The molecule has 8 nitrogen and oxygen atoms in total. The van der Waals surface area contributed by atoms with E-state index in [0.717, 1.165) is 37.0 Å². The highest BCUT2D eigenvalue weighted by Crippen LogP contribution is 2.30. The zero-order valence-electron chi connectivity index (χ0n) is 19.9. The molecule has 0 amide bonds. The Morgan fingerprint density at radius 2 is 2.03 bits per heavy atom. The van der Waals surface area contributed by atoms with E-state index in [-0.39, 0.29) is 35.4 Å². The standard InChI is InChI=1S/C25H30F2N6O2/c1-15-14-34-8-6-33(15)13-17-3-4-21(19(26)10-17)31-25-29-11-20(27)23(32-25)22-12-28-24(30-22)18-5-7-35-16(2)9-18/h3-4,10-12,15-16,18H,5-9,13-14H2,1-2H3,(H,28,30)(H,29,31,32). The van der Waals surface area contributed by atoms with Gasteiger partial charge in [-0.3, -0.25) is 4.90 Å². The van der Waals surface area contributed by atoms with Gasteiger partial charge in [0.15, 0.2) is 5.82 Å². The first-order valence-electron chi connectivity index (χ1n) is 12.0. The van der Waals surface area contributed by atoms with Gasteiger partial charge in [-0.05, 0) is 44.4 Å². The molecule has 186 valence electrons. The van der Waals surface area contributed by atoms with Crippen LogP contribution >= 0.6 is 0 Å². The molecule has 0 aliphatic carbocycles. The van der Waals surface area contributed by atoms with Crippen molar-refractivity contribution in [3.8, 4) is 11.4 Å². The molecule has 2 aromatic heterocycles. The molecule has 3 aromatic rings. The van der Waals surface area contributed by atoms with Crippen LogP contribution in [0.2, 0.25) is 0 Å². The van der Waals surface area contributed by atoms with Gasteiger partial charge in [-0.25, -0.2) is 23.7 Å². The molecule has 0 bridgehead atoms. The second-order valence-electron chi connectivity index (χ2n) is 9.31. The molecule has 5 rings (SSSR count). The highest BCUT2D eigenvalue weighted by molar-refractivity contribution is 5.60. The maximum Gasteiger partial charge on any atom is 0.228 e. The Morgan fingerprint density at radius 3 is 2.83 bits per heavy atom. The SMILES string of the molecule is CC1CC(c2ncc(-c3nc(Nc4ccc(CN5CCOCC5C)cc4F)ncc3F)[nH]2)CCO1. The number of anilines is 2. The van der Waals surface area contributed by atoms with E-state index in [9.17, 15) is 8.78 Å². The normalized spacial score (nSPS) is 23.4. The third kappa shape index (κ3) is 5.50. The van der Waals surface area contributed by atoms with Crippen LogP contribution in [-0.4, -0.2) is 63.3 Å². The average Bonchev–Trinajstić information content (AvgIpc) is 3.34. The molecule has 35 heavy (non-hydrogen) atoms. The van der Waals surface area contributed by atoms with Gasteiger partial charge in [0.05, 0.1) is 43.1 Å². The van der Waals surface area contributed by atoms with Crippen LogP contribution in [0.3, 0.4) is 0 Å². The lowest BCUT2D eigenvalue weighted by Crippen LogP contribution is -2.42. The van der Waals surface area contributed by atoms with Crippen molar-refractivity contribution in [1.29, 1.82) is 0 Å². The lowest BCUT2D eigenvalue weighted by molar-refractivity contribution is -0.00439. The van der Waals surface area contributed by atoms with Crippen molar-refractivity contribution in [1.82, 2.24) is 24.8 Å². The van der Waals surface area contributed by atoms with Gasteiger partial charge in [0, 0.05) is 31.7 Å². The van der Waals surface area contributed by atoms with E-state index in [1.165, 1.54) is 6.07 Å². The molecule has 2 fully saturated rings. The minimum absolute atomic E-state index is 0.0830. The Hall–Kier alpha value is -2.95. The number of hydrogen-bond donors (Lipinski definition) is 2. The van der Waals surface area contributed by atoms with Crippen LogP contribution in [0.1, 0.15) is 44.0 Å². The van der Waals surface area contributed by atoms with Crippen LogP contribution in [-0.2, 0) is 16.0 Å². The molecule has 1 aromatic carbocycles. The maximum absolute atomic E-state index is 14.9. The van der Waals surface area contributed by atoms with Crippen molar-refractivity contribution in [2.75, 3.05) is 31.7 Å². The summed E-state index contributed by atoms with van der Waals surface area (Å²) in [6, 6.07) is 5.32. The number of aromatic amines is 1. The number of benzene rings is 1. The van der Waals surface area contributed by atoms with E-state index < -0.39 is 11.6 Å². The number of imidazole rings is 1. The summed E-state index contributed by atoms with van der Waals surface area (Å²) < 4.78 is 40.5. The summed E-state index contributed by atoms with van der Waals surface area (Å²) in [5, 5.41) is 2.88. The first-order valence-corrected chi connectivity index (χ1v) is 12.0. The molecule has 3 unspecified atom stereocenters. The Bertz CT molecular complexity index is 1170. The molecule has 4 heterocycles. The van der Waals surface area contributed by atoms with Gasteiger partial charge in [-0.2, -0.15) is 0 Å². The lowest BCUT2D eigenvalue weighted by Gasteiger charge is -2.33. The Kier molecular flexibility index (Phi) is 7.03. The average molecular weight is 485 g/mol. The Labute approximate surface area is 203 Å². The predicted molar refractivity (Wildman–Crippen MR) is 127 cm³/mol. The number of aromatic nitrogens is 4. The number of halogens is 2. The molecule has 2 saturated heterocycles. The highest BCUT2D eigenvalue weighted by atomic mass is 19.1. The molecular weight excluding hydrogens is 454 g/mol. The molecule has 0 spiro atoms. The second kappa shape index (κ2) is 10.3. The maximum atomic E-state index is 14.9. The summed E-state index contributed by atoms with van der Waals surface area (Å²) >= 11 is 0. The minimum atomic E-state index is -0.582. The number of nitrogens with one attached hydrogen (secondary N) is 2. The topological polar surface area (TPSA) is 88.2 Å². The number of rotatable bonds is 6. The smallest absolute Gasteiger partial charge is 0.228 e. The van der Waals surface area contributed by atoms with Crippen molar-refractivity contribution in [2.24, 2.45) is 0 Å². The van der Waals surface area contributed by atoms with Gasteiger partial charge in [-0.15, -0.1) is 0 Å². The number of H-pyrrole nitrogens is 1. The van der Waals surface area contributed by atoms with E-state index in [1.54, 1.807) is 12.3 Å². The number of hydrogen-bond acceptors (Lipinski definition) is 7. The summed E-state index contributed by atoms with van der Waals surface area (Å²) in [5.41, 5.74) is 1.63. The summed E-state index contributed by atoms with van der Waals surface area (Å²) in [7, 11) is 0. The predicted octanol–water partition coefficient (Wildman–Crippen LogP) is 4.39. The zero-order valence-corrected chi connectivity index (χ0v) is 19.9. The second-order valence-corrected chi connectivity index (χ2v) is 9.31. The van der Waals surface area contributed by atoms with E-state index >= 15 is 0 Å². The molecule has 2 aliphatic heterocycles. The van der Waals surface area contributed by atoms with E-state index in [1.807, 2.05) is 13.0 Å².